The molecule has 2 aromatic rings. The van der Waals surface area contributed by atoms with Crippen molar-refractivity contribution in [2.24, 2.45) is 0 Å². The molecule has 4 atom stereocenters. The molecule has 1 unspecified atom stereocenters. The molecule has 0 radical (unpaired) electrons. The largest absolute Gasteiger partial charge is 0.394 e. The van der Waals surface area contributed by atoms with Crippen molar-refractivity contribution in [3.63, 3.8) is 0 Å². The Hall–Kier alpha value is -2.56. The lowest BCUT2D eigenvalue weighted by Crippen LogP contribution is -2.33. The van der Waals surface area contributed by atoms with Crippen molar-refractivity contribution in [1.82, 2.24) is 14.3 Å². The molecular formula is C22H20BrN3O5. The van der Waals surface area contributed by atoms with Crippen molar-refractivity contribution in [3.05, 3.63) is 69.1 Å². The summed E-state index contributed by atoms with van der Waals surface area (Å²) in [6, 6.07) is 13.0. The third kappa shape index (κ3) is 3.20. The molecule has 2 aromatic carbocycles. The standard InChI is InChI=1S/C22H20BrN3O5/c1-11-2-7-16-14(8-11)18-15(9-25(16)22-20(29)19(28)17(10-27)31-22)21(30)26(24-18)13-5-3-12(23)4-6-13/h2-9,17,19-20,22,27-29H,10H2,1H3/t17-,19-,20-,22?/m1/s1. The fourth-order valence-electron chi connectivity index (χ4n) is 4.08. The number of nitrogens with zero attached hydrogens (tertiary/aromatic N) is 3. The Kier molecular flexibility index (Phi) is 4.95. The van der Waals surface area contributed by atoms with Crippen LogP contribution in [0.5, 0.6) is 0 Å². The van der Waals surface area contributed by atoms with E-state index in [-0.39, 0.29) is 5.56 Å². The first-order valence-corrected chi connectivity index (χ1v) is 10.6. The van der Waals surface area contributed by atoms with Gasteiger partial charge in [0.2, 0.25) is 0 Å². The molecule has 0 aromatic heterocycles. The molecule has 0 spiro atoms. The molecule has 0 amide bonds. The van der Waals surface area contributed by atoms with Crippen LogP contribution in [0.1, 0.15) is 11.8 Å². The Balaban J connectivity index is 1.77. The quantitative estimate of drug-likeness (QED) is 0.409. The Morgan fingerprint density at radius 3 is 2.55 bits per heavy atom. The monoisotopic (exact) mass is 485 g/mol. The minimum atomic E-state index is -1.26. The van der Waals surface area contributed by atoms with Crippen LogP contribution < -0.4 is 5.56 Å². The van der Waals surface area contributed by atoms with Crippen LogP contribution in [0.15, 0.2) is 57.9 Å². The van der Waals surface area contributed by atoms with E-state index in [2.05, 4.69) is 21.0 Å². The zero-order valence-corrected chi connectivity index (χ0v) is 18.1. The van der Waals surface area contributed by atoms with E-state index in [1.807, 2.05) is 37.3 Å². The number of ether oxygens (including phenoxy) is 1. The fourth-order valence-corrected chi connectivity index (χ4v) is 4.35. The minimum absolute atomic E-state index is 0.304. The maximum atomic E-state index is 13.3. The molecule has 5 rings (SSSR count). The highest BCUT2D eigenvalue weighted by atomic mass is 79.9. The Morgan fingerprint density at radius 1 is 1.13 bits per heavy atom. The predicted octanol–water partition coefficient (Wildman–Crippen LogP) is 1.97. The van der Waals surface area contributed by atoms with Crippen LogP contribution in [0.4, 0.5) is 0 Å². The van der Waals surface area contributed by atoms with Crippen LogP contribution in [0.2, 0.25) is 0 Å². The van der Waals surface area contributed by atoms with Crippen LogP contribution in [0.3, 0.4) is 0 Å². The zero-order valence-electron chi connectivity index (χ0n) is 16.5. The van der Waals surface area contributed by atoms with Crippen molar-refractivity contribution in [3.8, 4) is 16.9 Å². The molecule has 3 aliphatic heterocycles. The molecular weight excluding hydrogens is 466 g/mol. The molecule has 9 heteroatoms. The van der Waals surface area contributed by atoms with E-state index in [1.165, 1.54) is 4.68 Å². The molecule has 3 heterocycles. The van der Waals surface area contributed by atoms with E-state index >= 15 is 0 Å². The third-order valence-electron chi connectivity index (χ3n) is 5.69. The van der Waals surface area contributed by atoms with E-state index in [9.17, 15) is 20.1 Å². The average molecular weight is 486 g/mol. The Labute approximate surface area is 185 Å². The lowest BCUT2D eigenvalue weighted by atomic mass is 10.0. The summed E-state index contributed by atoms with van der Waals surface area (Å²) in [5, 5.41) is 35.6. The normalized spacial score (nSPS) is 23.8. The summed E-state index contributed by atoms with van der Waals surface area (Å²) in [4.78, 5) is 13.3. The minimum Gasteiger partial charge on any atom is -0.394 e. The van der Waals surface area contributed by atoms with Crippen molar-refractivity contribution in [2.45, 2.75) is 31.5 Å². The van der Waals surface area contributed by atoms with E-state index in [1.54, 1.807) is 22.9 Å². The summed E-state index contributed by atoms with van der Waals surface area (Å²) < 4.78 is 9.61. The molecule has 0 bridgehead atoms. The van der Waals surface area contributed by atoms with Gasteiger partial charge in [-0.1, -0.05) is 27.6 Å². The van der Waals surface area contributed by atoms with Gasteiger partial charge in [0.05, 0.1) is 23.4 Å². The highest BCUT2D eigenvalue weighted by molar-refractivity contribution is 9.10. The molecule has 1 saturated heterocycles. The topological polar surface area (TPSA) is 110 Å². The highest BCUT2D eigenvalue weighted by Gasteiger charge is 2.43. The van der Waals surface area contributed by atoms with Crippen LogP contribution in [-0.4, -0.2) is 54.6 Å². The van der Waals surface area contributed by atoms with Gasteiger partial charge in [0.1, 0.15) is 24.0 Å². The summed E-state index contributed by atoms with van der Waals surface area (Å²) in [6.45, 7) is 1.52. The molecule has 160 valence electrons. The van der Waals surface area contributed by atoms with Gasteiger partial charge in [-0.25, -0.2) is 0 Å². The van der Waals surface area contributed by atoms with Gasteiger partial charge in [-0.15, -0.1) is 0 Å². The van der Waals surface area contributed by atoms with Gasteiger partial charge >= 0.3 is 0 Å². The maximum absolute atomic E-state index is 13.3. The van der Waals surface area contributed by atoms with E-state index < -0.39 is 31.1 Å². The maximum Gasteiger partial charge on any atom is 0.282 e. The van der Waals surface area contributed by atoms with Crippen LogP contribution in [0.25, 0.3) is 27.8 Å². The summed E-state index contributed by atoms with van der Waals surface area (Å²) in [5.41, 5.74) is 2.89. The van der Waals surface area contributed by atoms with Gasteiger partial charge in [0.15, 0.2) is 6.23 Å². The fraction of sp³-hybridized carbons (Fsp3) is 0.273. The third-order valence-corrected chi connectivity index (χ3v) is 6.22. The number of pyridine rings is 1. The van der Waals surface area contributed by atoms with Crippen molar-refractivity contribution >= 4 is 26.8 Å². The Bertz CT molecular complexity index is 1300. The molecule has 3 N–H and O–H groups in total. The van der Waals surface area contributed by atoms with E-state index in [0.717, 1.165) is 15.4 Å². The highest BCUT2D eigenvalue weighted by Crippen LogP contribution is 2.36. The first kappa shape index (κ1) is 20.3. The number of hydrogen-bond acceptors (Lipinski definition) is 6. The summed E-state index contributed by atoms with van der Waals surface area (Å²) in [5.74, 6) is 0. The average Bonchev–Trinajstić information content (AvgIpc) is 3.25. The van der Waals surface area contributed by atoms with Crippen LogP contribution in [-0.2, 0) is 4.74 Å². The predicted molar refractivity (Wildman–Crippen MR) is 117 cm³/mol. The van der Waals surface area contributed by atoms with Gasteiger partial charge in [0, 0.05) is 16.1 Å². The van der Waals surface area contributed by atoms with Crippen LogP contribution >= 0.6 is 15.9 Å². The smallest absolute Gasteiger partial charge is 0.282 e. The molecule has 1 fully saturated rings. The second kappa shape index (κ2) is 7.54. The number of aliphatic hydroxyl groups excluding tert-OH is 3. The number of rotatable bonds is 3. The van der Waals surface area contributed by atoms with Gasteiger partial charge < -0.3 is 24.6 Å². The van der Waals surface area contributed by atoms with Gasteiger partial charge in [-0.3, -0.25) is 4.79 Å². The van der Waals surface area contributed by atoms with Crippen molar-refractivity contribution in [1.29, 1.82) is 0 Å². The number of aryl methyl sites for hydroxylation is 1. The number of hydrogen-bond donors (Lipinski definition) is 3. The summed E-state index contributed by atoms with van der Waals surface area (Å²) in [6.07, 6.45) is -2.78. The van der Waals surface area contributed by atoms with E-state index in [4.69, 9.17) is 4.74 Å². The van der Waals surface area contributed by atoms with E-state index in [0.29, 0.717) is 22.5 Å². The van der Waals surface area contributed by atoms with Crippen molar-refractivity contribution in [2.75, 3.05) is 6.61 Å². The first-order valence-electron chi connectivity index (χ1n) is 9.81. The van der Waals surface area contributed by atoms with Crippen LogP contribution in [0, 0.1) is 6.92 Å². The first-order chi connectivity index (χ1) is 14.9. The molecule has 3 aliphatic rings. The molecule has 0 aliphatic carbocycles. The summed E-state index contributed by atoms with van der Waals surface area (Å²) >= 11 is 3.39. The number of benzene rings is 2. The SMILES string of the molecule is Cc1ccc2c(c1)c1nn(-c3ccc(Br)cc3)c(=O)c-1cn2C1O[C@H](CO)[C@@H](O)[C@H]1O. The number of fused-ring (bicyclic) bond motifs is 3. The van der Waals surface area contributed by atoms with Crippen molar-refractivity contribution < 1.29 is 20.1 Å². The second-order valence-electron chi connectivity index (χ2n) is 7.74. The van der Waals surface area contributed by atoms with Gasteiger partial charge in [0.25, 0.3) is 5.56 Å². The lowest BCUT2D eigenvalue weighted by Gasteiger charge is -2.22. The van der Waals surface area contributed by atoms with Gasteiger partial charge in [-0.2, -0.15) is 9.78 Å². The number of aliphatic hydroxyl groups is 3. The summed E-state index contributed by atoms with van der Waals surface area (Å²) in [7, 11) is 0. The second-order valence-corrected chi connectivity index (χ2v) is 8.66. The zero-order chi connectivity index (χ0) is 21.9. The lowest BCUT2D eigenvalue weighted by molar-refractivity contribution is -0.0508. The molecule has 31 heavy (non-hydrogen) atoms. The number of aromatic nitrogens is 3. The Morgan fingerprint density at radius 2 is 1.87 bits per heavy atom. The molecule has 8 nitrogen and oxygen atoms in total. The number of halogens is 1. The van der Waals surface area contributed by atoms with Gasteiger partial charge in [-0.05, 0) is 43.3 Å². The molecule has 0 saturated carbocycles.